The Morgan fingerprint density at radius 2 is 2.50 bits per heavy atom. The van der Waals surface area contributed by atoms with Crippen molar-refractivity contribution in [2.45, 2.75) is 19.6 Å². The second-order valence-corrected chi connectivity index (χ2v) is 4.15. The first kappa shape index (κ1) is 11.4. The van der Waals surface area contributed by atoms with E-state index in [0.717, 1.165) is 44.6 Å². The summed E-state index contributed by atoms with van der Waals surface area (Å²) in [5, 5.41) is 0. The topological polar surface area (TPSA) is 34.5 Å². The molecule has 1 saturated heterocycles. The zero-order valence-corrected chi connectivity index (χ0v) is 9.63. The van der Waals surface area contributed by atoms with Crippen molar-refractivity contribution in [1.82, 2.24) is 9.47 Å². The first-order valence-corrected chi connectivity index (χ1v) is 5.76. The van der Waals surface area contributed by atoms with Crippen LogP contribution in [0.3, 0.4) is 0 Å². The van der Waals surface area contributed by atoms with Crippen molar-refractivity contribution in [1.29, 1.82) is 0 Å². The van der Waals surface area contributed by atoms with Gasteiger partial charge in [0.1, 0.15) is 0 Å². The van der Waals surface area contributed by atoms with Crippen LogP contribution in [0.15, 0.2) is 18.5 Å². The van der Waals surface area contributed by atoms with E-state index in [1.54, 1.807) is 0 Å². The van der Waals surface area contributed by atoms with E-state index in [0.29, 0.717) is 0 Å². The summed E-state index contributed by atoms with van der Waals surface area (Å²) < 4.78 is 7.73. The molecule has 4 heteroatoms. The number of carbonyl (C=O) groups is 1. The number of aromatic nitrogens is 1. The fraction of sp³-hybridized carbons (Fsp3) is 0.583. The highest BCUT2D eigenvalue weighted by molar-refractivity contribution is 5.74. The number of aldehydes is 1. The molecule has 0 saturated carbocycles. The molecule has 0 N–H and O–H groups in total. The third-order valence-electron chi connectivity index (χ3n) is 2.99. The Balaban J connectivity index is 1.91. The maximum absolute atomic E-state index is 10.6. The van der Waals surface area contributed by atoms with Gasteiger partial charge in [-0.05, 0) is 12.6 Å². The van der Waals surface area contributed by atoms with Crippen LogP contribution in [0.4, 0.5) is 0 Å². The van der Waals surface area contributed by atoms with Crippen LogP contribution in [0, 0.1) is 0 Å². The summed E-state index contributed by atoms with van der Waals surface area (Å²) in [7, 11) is 0. The van der Waals surface area contributed by atoms with Crippen molar-refractivity contribution in [3.05, 3.63) is 24.0 Å². The van der Waals surface area contributed by atoms with E-state index in [1.807, 2.05) is 23.0 Å². The zero-order chi connectivity index (χ0) is 11.4. The van der Waals surface area contributed by atoms with Gasteiger partial charge in [0.15, 0.2) is 6.29 Å². The normalized spacial score (nSPS) is 22.2. The van der Waals surface area contributed by atoms with Crippen LogP contribution in [0.25, 0.3) is 0 Å². The Bertz CT molecular complexity index is 349. The summed E-state index contributed by atoms with van der Waals surface area (Å²) in [6.45, 7) is 6.88. The van der Waals surface area contributed by atoms with Crippen molar-refractivity contribution in [3.8, 4) is 0 Å². The van der Waals surface area contributed by atoms with Gasteiger partial charge in [-0.2, -0.15) is 0 Å². The Kier molecular flexibility index (Phi) is 3.74. The number of hydrogen-bond donors (Lipinski definition) is 0. The average molecular weight is 222 g/mol. The third kappa shape index (κ3) is 2.71. The standard InChI is InChI=1S/C12H18N2O2/c1-2-13-5-6-16-12(8-13)9-14-4-3-11(7-14)10-15/h3-4,7,10,12H,2,5-6,8-9H2,1H3. The molecule has 1 aromatic rings. The van der Waals surface area contributed by atoms with Crippen LogP contribution in [-0.2, 0) is 11.3 Å². The minimum Gasteiger partial charge on any atom is -0.374 e. The van der Waals surface area contributed by atoms with Crippen LogP contribution in [0.2, 0.25) is 0 Å². The van der Waals surface area contributed by atoms with Gasteiger partial charge in [0.05, 0.1) is 12.7 Å². The quantitative estimate of drug-likeness (QED) is 0.713. The lowest BCUT2D eigenvalue weighted by Gasteiger charge is -2.32. The molecular weight excluding hydrogens is 204 g/mol. The summed E-state index contributed by atoms with van der Waals surface area (Å²) in [5.41, 5.74) is 0.725. The number of hydrogen-bond acceptors (Lipinski definition) is 3. The number of nitrogens with zero attached hydrogens (tertiary/aromatic N) is 2. The molecule has 0 spiro atoms. The molecule has 16 heavy (non-hydrogen) atoms. The molecule has 88 valence electrons. The zero-order valence-electron chi connectivity index (χ0n) is 9.63. The van der Waals surface area contributed by atoms with Gasteiger partial charge in [0, 0.05) is 37.6 Å². The van der Waals surface area contributed by atoms with Crippen molar-refractivity contribution in [3.63, 3.8) is 0 Å². The van der Waals surface area contributed by atoms with E-state index in [4.69, 9.17) is 4.74 Å². The number of morpholine rings is 1. The minimum atomic E-state index is 0.237. The van der Waals surface area contributed by atoms with Crippen molar-refractivity contribution in [2.75, 3.05) is 26.2 Å². The second kappa shape index (κ2) is 5.27. The van der Waals surface area contributed by atoms with Crippen molar-refractivity contribution < 1.29 is 9.53 Å². The summed E-state index contributed by atoms with van der Waals surface area (Å²) >= 11 is 0. The Labute approximate surface area is 95.8 Å². The van der Waals surface area contributed by atoms with Crippen LogP contribution < -0.4 is 0 Å². The molecule has 0 aliphatic carbocycles. The van der Waals surface area contributed by atoms with E-state index < -0.39 is 0 Å². The maximum atomic E-state index is 10.6. The fourth-order valence-corrected chi connectivity index (χ4v) is 2.06. The van der Waals surface area contributed by atoms with E-state index in [1.165, 1.54) is 0 Å². The summed E-state index contributed by atoms with van der Waals surface area (Å²) in [4.78, 5) is 12.9. The highest BCUT2D eigenvalue weighted by Crippen LogP contribution is 2.08. The molecule has 4 nitrogen and oxygen atoms in total. The molecule has 1 aliphatic heterocycles. The Morgan fingerprint density at radius 1 is 1.62 bits per heavy atom. The molecule has 1 aromatic heterocycles. The molecule has 1 atom stereocenters. The number of likely N-dealkylation sites (N-methyl/N-ethyl adjacent to an activating group) is 1. The van der Waals surface area contributed by atoms with E-state index >= 15 is 0 Å². The van der Waals surface area contributed by atoms with E-state index in [9.17, 15) is 4.79 Å². The monoisotopic (exact) mass is 222 g/mol. The van der Waals surface area contributed by atoms with Gasteiger partial charge in [-0.1, -0.05) is 6.92 Å². The first-order valence-electron chi connectivity index (χ1n) is 5.76. The second-order valence-electron chi connectivity index (χ2n) is 4.15. The average Bonchev–Trinajstić information content (AvgIpc) is 2.77. The lowest BCUT2D eigenvalue weighted by molar-refractivity contribution is -0.0342. The van der Waals surface area contributed by atoms with Gasteiger partial charge >= 0.3 is 0 Å². The first-order chi connectivity index (χ1) is 7.81. The van der Waals surface area contributed by atoms with E-state index in [-0.39, 0.29) is 6.10 Å². The van der Waals surface area contributed by atoms with Gasteiger partial charge in [0.2, 0.25) is 0 Å². The molecule has 0 radical (unpaired) electrons. The minimum absolute atomic E-state index is 0.237. The number of ether oxygens (including phenoxy) is 1. The molecular formula is C12H18N2O2. The molecule has 1 fully saturated rings. The molecule has 0 amide bonds. The lowest BCUT2D eigenvalue weighted by atomic mass is 10.2. The fourth-order valence-electron chi connectivity index (χ4n) is 2.06. The lowest BCUT2D eigenvalue weighted by Crippen LogP contribution is -2.43. The summed E-state index contributed by atoms with van der Waals surface area (Å²) in [6, 6.07) is 1.83. The molecule has 1 aliphatic rings. The molecule has 2 heterocycles. The molecule has 0 aromatic carbocycles. The highest BCUT2D eigenvalue weighted by Gasteiger charge is 2.19. The van der Waals surface area contributed by atoms with Crippen molar-refractivity contribution >= 4 is 6.29 Å². The number of rotatable bonds is 4. The smallest absolute Gasteiger partial charge is 0.151 e. The van der Waals surface area contributed by atoms with Gasteiger partial charge in [-0.25, -0.2) is 0 Å². The van der Waals surface area contributed by atoms with Crippen LogP contribution >= 0.6 is 0 Å². The van der Waals surface area contributed by atoms with E-state index in [2.05, 4.69) is 11.8 Å². The summed E-state index contributed by atoms with van der Waals surface area (Å²) in [5.74, 6) is 0. The van der Waals surface area contributed by atoms with Crippen LogP contribution in [0.1, 0.15) is 17.3 Å². The Hall–Kier alpha value is -1.13. The highest BCUT2D eigenvalue weighted by atomic mass is 16.5. The predicted molar refractivity (Wildman–Crippen MR) is 61.7 cm³/mol. The van der Waals surface area contributed by atoms with Gasteiger partial charge < -0.3 is 9.30 Å². The SMILES string of the molecule is CCN1CCOC(Cn2ccc(C=O)c2)C1. The largest absolute Gasteiger partial charge is 0.374 e. The van der Waals surface area contributed by atoms with Crippen LogP contribution in [0.5, 0.6) is 0 Å². The van der Waals surface area contributed by atoms with Gasteiger partial charge in [0.25, 0.3) is 0 Å². The molecule has 2 rings (SSSR count). The number of carbonyl (C=O) groups excluding carboxylic acids is 1. The molecule has 1 unspecified atom stereocenters. The summed E-state index contributed by atoms with van der Waals surface area (Å²) in [6.07, 6.45) is 4.90. The predicted octanol–water partition coefficient (Wildman–Crippen LogP) is 1.02. The molecule has 0 bridgehead atoms. The van der Waals surface area contributed by atoms with Gasteiger partial charge in [-0.15, -0.1) is 0 Å². The van der Waals surface area contributed by atoms with Crippen molar-refractivity contribution in [2.24, 2.45) is 0 Å². The Morgan fingerprint density at radius 3 is 3.19 bits per heavy atom. The van der Waals surface area contributed by atoms with Gasteiger partial charge in [-0.3, -0.25) is 9.69 Å². The third-order valence-corrected chi connectivity index (χ3v) is 2.99. The maximum Gasteiger partial charge on any atom is 0.151 e. The van der Waals surface area contributed by atoms with Crippen LogP contribution in [-0.4, -0.2) is 48.1 Å².